The van der Waals surface area contributed by atoms with Crippen molar-refractivity contribution in [3.8, 4) is 11.5 Å². The molecule has 0 fully saturated rings. The van der Waals surface area contributed by atoms with Crippen molar-refractivity contribution in [3.63, 3.8) is 0 Å². The molecule has 0 radical (unpaired) electrons. The van der Waals surface area contributed by atoms with Crippen LogP contribution in [-0.4, -0.2) is 32.7 Å². The number of methoxy groups -OCH3 is 2. The number of hydrogen-bond acceptors (Lipinski definition) is 4. The molecule has 1 atom stereocenters. The molecule has 1 amide bonds. The van der Waals surface area contributed by atoms with Crippen molar-refractivity contribution in [3.05, 3.63) is 53.6 Å². The fraction of sp³-hybridized carbons (Fsp3) is 0.381. The van der Waals surface area contributed by atoms with Crippen molar-refractivity contribution < 1.29 is 14.3 Å². The average molecular weight is 356 g/mol. The first kappa shape index (κ1) is 19.8. The number of carbonyl (C=O) groups excluding carboxylic acids is 1. The number of carbonyl (C=O) groups is 1. The zero-order valence-electron chi connectivity index (χ0n) is 16.0. The summed E-state index contributed by atoms with van der Waals surface area (Å²) in [5, 5.41) is 6.31. The van der Waals surface area contributed by atoms with Crippen LogP contribution in [0.5, 0.6) is 11.5 Å². The first-order valence-electron chi connectivity index (χ1n) is 8.83. The molecular formula is C21H28N2O3. The van der Waals surface area contributed by atoms with Gasteiger partial charge in [-0.2, -0.15) is 0 Å². The lowest BCUT2D eigenvalue weighted by molar-refractivity contribution is -0.116. The monoisotopic (exact) mass is 356 g/mol. The van der Waals surface area contributed by atoms with Crippen LogP contribution in [0.2, 0.25) is 0 Å². The minimum Gasteiger partial charge on any atom is -0.497 e. The van der Waals surface area contributed by atoms with Crippen LogP contribution in [-0.2, 0) is 11.2 Å². The Kier molecular flexibility index (Phi) is 7.48. The van der Waals surface area contributed by atoms with Gasteiger partial charge >= 0.3 is 0 Å². The van der Waals surface area contributed by atoms with E-state index in [2.05, 4.69) is 35.8 Å². The minimum atomic E-state index is -0.0626. The van der Waals surface area contributed by atoms with E-state index >= 15 is 0 Å². The zero-order chi connectivity index (χ0) is 18.9. The van der Waals surface area contributed by atoms with Crippen LogP contribution in [0, 0.1) is 6.92 Å². The molecule has 0 aromatic heterocycles. The number of nitrogens with one attached hydrogen (secondary N) is 2. The van der Waals surface area contributed by atoms with Crippen molar-refractivity contribution in [2.45, 2.75) is 32.7 Å². The summed E-state index contributed by atoms with van der Waals surface area (Å²) in [6.45, 7) is 4.97. The average Bonchev–Trinajstić information content (AvgIpc) is 2.63. The van der Waals surface area contributed by atoms with Crippen LogP contribution in [0.4, 0.5) is 5.69 Å². The maximum absolute atomic E-state index is 12.3. The summed E-state index contributed by atoms with van der Waals surface area (Å²) in [4.78, 5) is 12.3. The first-order valence-corrected chi connectivity index (χ1v) is 8.83. The van der Waals surface area contributed by atoms with Gasteiger partial charge in [-0.15, -0.1) is 0 Å². The molecule has 2 aromatic rings. The number of ether oxygens (including phenoxy) is 2. The fourth-order valence-electron chi connectivity index (χ4n) is 2.81. The number of hydrogen-bond donors (Lipinski definition) is 2. The predicted molar refractivity (Wildman–Crippen MR) is 105 cm³/mol. The van der Waals surface area contributed by atoms with E-state index in [0.717, 1.165) is 13.0 Å². The van der Waals surface area contributed by atoms with Gasteiger partial charge in [0.15, 0.2) is 0 Å². The molecule has 2 rings (SSSR count). The number of benzene rings is 2. The smallest absolute Gasteiger partial charge is 0.226 e. The van der Waals surface area contributed by atoms with Gasteiger partial charge in [-0.3, -0.25) is 4.79 Å². The van der Waals surface area contributed by atoms with Gasteiger partial charge < -0.3 is 20.1 Å². The van der Waals surface area contributed by atoms with Gasteiger partial charge in [-0.1, -0.05) is 24.3 Å². The minimum absolute atomic E-state index is 0.0626. The summed E-state index contributed by atoms with van der Waals surface area (Å²) in [7, 11) is 3.17. The largest absolute Gasteiger partial charge is 0.497 e. The standard InChI is InChI=1S/C21H28N2O3/c1-15-7-5-6-8-17(15)11-12-22-16(2)13-21(24)23-19-14-18(25-3)9-10-20(19)26-4/h5-10,14,16,22H,11-13H2,1-4H3,(H,23,24). The second-order valence-corrected chi connectivity index (χ2v) is 6.35. The van der Waals surface area contributed by atoms with E-state index in [1.807, 2.05) is 13.0 Å². The Morgan fingerprint density at radius 3 is 2.58 bits per heavy atom. The lowest BCUT2D eigenvalue weighted by Gasteiger charge is -2.16. The molecule has 0 aliphatic heterocycles. The maximum Gasteiger partial charge on any atom is 0.226 e. The second kappa shape index (κ2) is 9.82. The Morgan fingerprint density at radius 1 is 1.12 bits per heavy atom. The third kappa shape index (κ3) is 5.77. The van der Waals surface area contributed by atoms with E-state index in [1.165, 1.54) is 11.1 Å². The molecule has 0 aliphatic carbocycles. The molecule has 5 nitrogen and oxygen atoms in total. The SMILES string of the molecule is COc1ccc(OC)c(NC(=O)CC(C)NCCc2ccccc2C)c1. The molecule has 1 unspecified atom stereocenters. The van der Waals surface area contributed by atoms with Crippen molar-refractivity contribution in [1.29, 1.82) is 0 Å². The third-order valence-corrected chi connectivity index (χ3v) is 4.32. The van der Waals surface area contributed by atoms with Crippen molar-refractivity contribution >= 4 is 11.6 Å². The predicted octanol–water partition coefficient (Wildman–Crippen LogP) is 3.56. The van der Waals surface area contributed by atoms with Crippen LogP contribution in [0.15, 0.2) is 42.5 Å². The molecule has 0 saturated heterocycles. The molecule has 0 saturated carbocycles. The van der Waals surface area contributed by atoms with E-state index in [0.29, 0.717) is 23.6 Å². The summed E-state index contributed by atoms with van der Waals surface area (Å²) in [6.07, 6.45) is 1.33. The Hall–Kier alpha value is -2.53. The third-order valence-electron chi connectivity index (χ3n) is 4.32. The Morgan fingerprint density at radius 2 is 1.88 bits per heavy atom. The topological polar surface area (TPSA) is 59.6 Å². The quantitative estimate of drug-likeness (QED) is 0.721. The van der Waals surface area contributed by atoms with Crippen LogP contribution < -0.4 is 20.1 Å². The molecule has 140 valence electrons. The summed E-state index contributed by atoms with van der Waals surface area (Å²) in [6, 6.07) is 13.8. The fourth-order valence-corrected chi connectivity index (χ4v) is 2.81. The van der Waals surface area contributed by atoms with Gasteiger partial charge in [0, 0.05) is 18.5 Å². The number of amides is 1. The lowest BCUT2D eigenvalue weighted by Crippen LogP contribution is -2.32. The summed E-state index contributed by atoms with van der Waals surface area (Å²) >= 11 is 0. The summed E-state index contributed by atoms with van der Waals surface area (Å²) in [5.41, 5.74) is 3.24. The highest BCUT2D eigenvalue weighted by Gasteiger charge is 2.12. The van der Waals surface area contributed by atoms with Gasteiger partial charge in [-0.05, 0) is 50.1 Å². The van der Waals surface area contributed by atoms with Gasteiger partial charge in [0.1, 0.15) is 11.5 Å². The molecule has 0 bridgehead atoms. The van der Waals surface area contributed by atoms with E-state index in [-0.39, 0.29) is 11.9 Å². The summed E-state index contributed by atoms with van der Waals surface area (Å²) < 4.78 is 10.5. The summed E-state index contributed by atoms with van der Waals surface area (Å²) in [5.74, 6) is 1.22. The first-order chi connectivity index (χ1) is 12.5. The van der Waals surface area contributed by atoms with Crippen LogP contribution in [0.1, 0.15) is 24.5 Å². The van der Waals surface area contributed by atoms with Gasteiger partial charge in [0.05, 0.1) is 19.9 Å². The van der Waals surface area contributed by atoms with Gasteiger partial charge in [0.2, 0.25) is 5.91 Å². The normalized spacial score (nSPS) is 11.7. The number of rotatable bonds is 9. The number of aryl methyl sites for hydroxylation is 1. The van der Waals surface area contributed by atoms with Gasteiger partial charge in [-0.25, -0.2) is 0 Å². The molecule has 2 aromatic carbocycles. The maximum atomic E-state index is 12.3. The molecule has 0 spiro atoms. The van der Waals surface area contributed by atoms with Crippen molar-refractivity contribution in [2.75, 3.05) is 26.1 Å². The van der Waals surface area contributed by atoms with Crippen molar-refractivity contribution in [2.24, 2.45) is 0 Å². The molecule has 26 heavy (non-hydrogen) atoms. The van der Waals surface area contributed by atoms with Crippen molar-refractivity contribution in [1.82, 2.24) is 5.32 Å². The lowest BCUT2D eigenvalue weighted by atomic mass is 10.1. The van der Waals surface area contributed by atoms with Gasteiger partial charge in [0.25, 0.3) is 0 Å². The molecule has 5 heteroatoms. The molecular weight excluding hydrogens is 328 g/mol. The van der Waals surface area contributed by atoms with E-state index in [9.17, 15) is 4.79 Å². The molecule has 2 N–H and O–H groups in total. The van der Waals surface area contributed by atoms with Crippen LogP contribution in [0.3, 0.4) is 0 Å². The molecule has 0 aliphatic rings. The zero-order valence-corrected chi connectivity index (χ0v) is 16.0. The van der Waals surface area contributed by atoms with Crippen LogP contribution >= 0.6 is 0 Å². The van der Waals surface area contributed by atoms with E-state index in [1.54, 1.807) is 32.4 Å². The second-order valence-electron chi connectivity index (χ2n) is 6.35. The highest BCUT2D eigenvalue weighted by Crippen LogP contribution is 2.29. The number of anilines is 1. The highest BCUT2D eigenvalue weighted by molar-refractivity contribution is 5.92. The van der Waals surface area contributed by atoms with Crippen LogP contribution in [0.25, 0.3) is 0 Å². The highest BCUT2D eigenvalue weighted by atomic mass is 16.5. The Labute approximate surface area is 155 Å². The Balaban J connectivity index is 1.83. The van der Waals surface area contributed by atoms with E-state index in [4.69, 9.17) is 9.47 Å². The van der Waals surface area contributed by atoms with E-state index < -0.39 is 0 Å². The Bertz CT molecular complexity index is 731. The molecule has 0 heterocycles.